The van der Waals surface area contributed by atoms with Gasteiger partial charge in [0.05, 0.1) is 0 Å². The summed E-state index contributed by atoms with van der Waals surface area (Å²) in [4.78, 5) is 0. The van der Waals surface area contributed by atoms with Crippen LogP contribution >= 0.6 is 0 Å². The van der Waals surface area contributed by atoms with Gasteiger partial charge in [0.15, 0.2) is 0 Å². The van der Waals surface area contributed by atoms with Crippen molar-refractivity contribution in [1.29, 1.82) is 0 Å². The smallest absolute Gasteiger partial charge is 0.279 e. The van der Waals surface area contributed by atoms with Gasteiger partial charge in [0.1, 0.15) is 0 Å². The molecule has 0 unspecified atom stereocenters. The van der Waals surface area contributed by atoms with Gasteiger partial charge in [-0.05, 0) is 38.3 Å². The molecule has 1 rings (SSSR count). The molecule has 1 saturated heterocycles. The highest BCUT2D eigenvalue weighted by molar-refractivity contribution is 7.87. The molecule has 0 aromatic carbocycles. The lowest BCUT2D eigenvalue weighted by Gasteiger charge is -2.31. The van der Waals surface area contributed by atoms with Gasteiger partial charge in [-0.3, -0.25) is 0 Å². The Morgan fingerprint density at radius 3 is 2.26 bits per heavy atom. The second-order valence-electron chi connectivity index (χ2n) is 5.44. The standard InChI is InChI=1S/C13H29N3O2S/c1-4-12(5-2)11-15-19(17,18)16-8-6-13(7-9-16)10-14-3/h12-15H,4-11H2,1-3H3. The summed E-state index contributed by atoms with van der Waals surface area (Å²) < 4.78 is 28.7. The summed E-state index contributed by atoms with van der Waals surface area (Å²) in [6.07, 6.45) is 3.94. The Labute approximate surface area is 118 Å². The van der Waals surface area contributed by atoms with Crippen LogP contribution in [0.5, 0.6) is 0 Å². The summed E-state index contributed by atoms with van der Waals surface area (Å²) in [5.74, 6) is 1.05. The SMILES string of the molecule is CCC(CC)CNS(=O)(=O)N1CCC(CNC)CC1. The van der Waals surface area contributed by atoms with Crippen molar-refractivity contribution in [3.05, 3.63) is 0 Å². The van der Waals surface area contributed by atoms with Gasteiger partial charge in [0, 0.05) is 19.6 Å². The Balaban J connectivity index is 2.42. The van der Waals surface area contributed by atoms with Crippen LogP contribution in [-0.4, -0.2) is 45.9 Å². The van der Waals surface area contributed by atoms with Crippen LogP contribution in [0.1, 0.15) is 39.5 Å². The minimum absolute atomic E-state index is 0.441. The van der Waals surface area contributed by atoms with E-state index in [0.717, 1.165) is 32.2 Å². The van der Waals surface area contributed by atoms with Gasteiger partial charge in [-0.2, -0.15) is 12.7 Å². The molecule has 1 aliphatic heterocycles. The first-order valence-electron chi connectivity index (χ1n) is 7.42. The highest BCUT2D eigenvalue weighted by Crippen LogP contribution is 2.18. The number of nitrogens with one attached hydrogen (secondary N) is 2. The van der Waals surface area contributed by atoms with Gasteiger partial charge in [-0.1, -0.05) is 26.7 Å². The summed E-state index contributed by atoms with van der Waals surface area (Å²) in [6.45, 7) is 7.04. The molecule has 1 aliphatic rings. The van der Waals surface area contributed by atoms with E-state index in [9.17, 15) is 8.42 Å². The van der Waals surface area contributed by atoms with E-state index in [1.165, 1.54) is 0 Å². The van der Waals surface area contributed by atoms with Gasteiger partial charge in [0.25, 0.3) is 10.2 Å². The Morgan fingerprint density at radius 1 is 1.21 bits per heavy atom. The maximum Gasteiger partial charge on any atom is 0.279 e. The molecule has 114 valence electrons. The van der Waals surface area contributed by atoms with Crippen molar-refractivity contribution >= 4 is 10.2 Å². The summed E-state index contributed by atoms with van der Waals surface area (Å²) >= 11 is 0. The van der Waals surface area contributed by atoms with E-state index in [1.54, 1.807) is 4.31 Å². The van der Waals surface area contributed by atoms with Crippen LogP contribution in [0.25, 0.3) is 0 Å². The fourth-order valence-electron chi connectivity index (χ4n) is 2.53. The summed E-state index contributed by atoms with van der Waals surface area (Å²) in [5, 5.41) is 3.16. The first-order valence-corrected chi connectivity index (χ1v) is 8.86. The highest BCUT2D eigenvalue weighted by Gasteiger charge is 2.27. The predicted molar refractivity (Wildman–Crippen MR) is 79.2 cm³/mol. The van der Waals surface area contributed by atoms with Gasteiger partial charge in [-0.15, -0.1) is 0 Å². The van der Waals surface area contributed by atoms with Gasteiger partial charge >= 0.3 is 0 Å². The predicted octanol–water partition coefficient (Wildman–Crippen LogP) is 1.19. The number of piperidine rings is 1. The Bertz CT molecular complexity index is 334. The molecule has 2 N–H and O–H groups in total. The van der Waals surface area contributed by atoms with Crippen LogP contribution < -0.4 is 10.0 Å². The van der Waals surface area contributed by atoms with Crippen LogP contribution in [-0.2, 0) is 10.2 Å². The lowest BCUT2D eigenvalue weighted by Crippen LogP contribution is -2.46. The fourth-order valence-corrected chi connectivity index (χ4v) is 3.85. The molecule has 0 atom stereocenters. The minimum Gasteiger partial charge on any atom is -0.319 e. The molecule has 6 heteroatoms. The molecule has 1 heterocycles. The van der Waals surface area contributed by atoms with Gasteiger partial charge in [0.2, 0.25) is 0 Å². The molecular weight excluding hydrogens is 262 g/mol. The third kappa shape index (κ3) is 5.38. The average Bonchev–Trinajstić information content (AvgIpc) is 2.41. The van der Waals surface area contributed by atoms with E-state index in [0.29, 0.717) is 31.5 Å². The second kappa shape index (κ2) is 8.19. The molecule has 0 radical (unpaired) electrons. The van der Waals surface area contributed by atoms with Crippen LogP contribution in [0.3, 0.4) is 0 Å². The number of hydrogen-bond donors (Lipinski definition) is 2. The van der Waals surface area contributed by atoms with Crippen molar-refractivity contribution in [1.82, 2.24) is 14.3 Å². The van der Waals surface area contributed by atoms with Crippen LogP contribution in [0.15, 0.2) is 0 Å². The molecule has 0 aromatic heterocycles. The van der Waals surface area contributed by atoms with E-state index < -0.39 is 10.2 Å². The molecular formula is C13H29N3O2S. The van der Waals surface area contributed by atoms with Crippen molar-refractivity contribution in [2.45, 2.75) is 39.5 Å². The molecule has 0 saturated carbocycles. The number of nitrogens with zero attached hydrogens (tertiary/aromatic N) is 1. The molecule has 0 aliphatic carbocycles. The maximum atomic E-state index is 12.2. The zero-order valence-corrected chi connectivity index (χ0v) is 13.3. The quantitative estimate of drug-likeness (QED) is 0.706. The number of hydrogen-bond acceptors (Lipinski definition) is 3. The summed E-state index contributed by atoms with van der Waals surface area (Å²) in [6, 6.07) is 0. The molecule has 19 heavy (non-hydrogen) atoms. The lowest BCUT2D eigenvalue weighted by molar-refractivity contribution is 0.267. The first kappa shape index (κ1) is 16.9. The van der Waals surface area contributed by atoms with Gasteiger partial charge in [-0.25, -0.2) is 4.72 Å². The molecule has 0 bridgehead atoms. The molecule has 0 spiro atoms. The van der Waals surface area contributed by atoms with E-state index in [4.69, 9.17) is 0 Å². The molecule has 1 fully saturated rings. The average molecular weight is 291 g/mol. The molecule has 0 amide bonds. The topological polar surface area (TPSA) is 61.4 Å². The first-order chi connectivity index (χ1) is 9.03. The largest absolute Gasteiger partial charge is 0.319 e. The third-order valence-corrected chi connectivity index (χ3v) is 5.69. The van der Waals surface area contributed by atoms with E-state index in [2.05, 4.69) is 23.9 Å². The Morgan fingerprint density at radius 2 is 1.79 bits per heavy atom. The zero-order valence-electron chi connectivity index (χ0n) is 12.5. The summed E-state index contributed by atoms with van der Waals surface area (Å²) in [7, 11) is -1.33. The Hall–Kier alpha value is -0.170. The van der Waals surface area contributed by atoms with Crippen molar-refractivity contribution in [3.63, 3.8) is 0 Å². The highest BCUT2D eigenvalue weighted by atomic mass is 32.2. The number of rotatable bonds is 8. The van der Waals surface area contributed by atoms with E-state index in [1.807, 2.05) is 7.05 Å². The van der Waals surface area contributed by atoms with E-state index >= 15 is 0 Å². The second-order valence-corrected chi connectivity index (χ2v) is 7.19. The van der Waals surface area contributed by atoms with Gasteiger partial charge < -0.3 is 5.32 Å². The lowest BCUT2D eigenvalue weighted by atomic mass is 9.98. The minimum atomic E-state index is -3.27. The van der Waals surface area contributed by atoms with Crippen molar-refractivity contribution in [2.75, 3.05) is 33.2 Å². The Kier molecular flexibility index (Phi) is 7.28. The maximum absolute atomic E-state index is 12.2. The van der Waals surface area contributed by atoms with Crippen LogP contribution in [0, 0.1) is 11.8 Å². The summed E-state index contributed by atoms with van der Waals surface area (Å²) in [5.41, 5.74) is 0. The monoisotopic (exact) mass is 291 g/mol. The van der Waals surface area contributed by atoms with Crippen molar-refractivity contribution in [3.8, 4) is 0 Å². The third-order valence-electron chi connectivity index (χ3n) is 4.12. The zero-order chi connectivity index (χ0) is 14.3. The van der Waals surface area contributed by atoms with Crippen molar-refractivity contribution in [2.24, 2.45) is 11.8 Å². The van der Waals surface area contributed by atoms with Crippen LogP contribution in [0.4, 0.5) is 0 Å². The molecule has 0 aromatic rings. The fraction of sp³-hybridized carbons (Fsp3) is 1.00. The van der Waals surface area contributed by atoms with Crippen molar-refractivity contribution < 1.29 is 8.42 Å². The molecule has 5 nitrogen and oxygen atoms in total. The normalized spacial score (nSPS) is 19.2. The van der Waals surface area contributed by atoms with E-state index in [-0.39, 0.29) is 0 Å². The van der Waals surface area contributed by atoms with Crippen LogP contribution in [0.2, 0.25) is 0 Å².